The maximum absolute atomic E-state index is 7.53. The molecule has 0 bridgehead atoms. The highest BCUT2D eigenvalue weighted by molar-refractivity contribution is 5.95. The first-order valence-corrected chi connectivity index (χ1v) is 7.90. The topological polar surface area (TPSA) is 98.0 Å². The number of unbranched alkanes of at least 4 members (excludes halogenated alkanes) is 3. The van der Waals surface area contributed by atoms with E-state index in [1.807, 2.05) is 18.2 Å². The van der Waals surface area contributed by atoms with Crippen LogP contribution in [0.25, 0.3) is 0 Å². The Balaban J connectivity index is 1.75. The minimum atomic E-state index is 0.0868. The Hall–Kier alpha value is -2.37. The first-order valence-electron chi connectivity index (χ1n) is 7.90. The Bertz CT molecular complexity index is 652. The van der Waals surface area contributed by atoms with Crippen LogP contribution >= 0.6 is 0 Å². The molecule has 1 aromatic carbocycles. The summed E-state index contributed by atoms with van der Waals surface area (Å²) in [5.74, 6) is 2.29. The van der Waals surface area contributed by atoms with Crippen LogP contribution in [0.3, 0.4) is 0 Å². The normalized spacial score (nSPS) is 10.7. The monoisotopic (exact) mass is 316 g/mol. The van der Waals surface area contributed by atoms with Crippen LogP contribution in [0, 0.1) is 12.3 Å². The van der Waals surface area contributed by atoms with E-state index >= 15 is 0 Å². The highest BCUT2D eigenvalue weighted by atomic mass is 16.5. The predicted molar refractivity (Wildman–Crippen MR) is 88.9 cm³/mol. The standard InChI is InChI=1S/C17H24N4O2/c1-12-20-21-16(23-12)8-6-4-3-5-7-13-11-14(17(18)19)9-10-15(13)22-2/h9-11H,3-8H2,1-2H3,(H3,18,19). The van der Waals surface area contributed by atoms with Crippen molar-refractivity contribution in [2.45, 2.75) is 45.4 Å². The SMILES string of the molecule is COc1ccc(C(=N)N)cc1CCCCCCc1nnc(C)o1. The second-order valence-electron chi connectivity index (χ2n) is 5.57. The second kappa shape index (κ2) is 8.31. The van der Waals surface area contributed by atoms with Crippen molar-refractivity contribution in [3.8, 4) is 5.75 Å². The molecule has 0 radical (unpaired) electrons. The number of ether oxygens (including phenoxy) is 1. The van der Waals surface area contributed by atoms with Gasteiger partial charge in [-0.15, -0.1) is 10.2 Å². The Labute approximate surface area is 136 Å². The number of nitrogens with zero attached hydrogens (tertiary/aromatic N) is 2. The predicted octanol–water partition coefficient (Wildman–Crippen LogP) is 3.02. The van der Waals surface area contributed by atoms with Crippen molar-refractivity contribution in [2.24, 2.45) is 5.73 Å². The van der Waals surface area contributed by atoms with Crippen LogP contribution in [0.1, 0.15) is 48.6 Å². The number of nitrogen functional groups attached to an aromatic ring is 1. The zero-order valence-corrected chi connectivity index (χ0v) is 13.8. The molecule has 0 unspecified atom stereocenters. The minimum absolute atomic E-state index is 0.0868. The first kappa shape index (κ1) is 17.0. The molecule has 0 spiro atoms. The molecule has 0 aliphatic carbocycles. The maximum atomic E-state index is 7.53. The lowest BCUT2D eigenvalue weighted by molar-refractivity contribution is 0.408. The number of methoxy groups -OCH3 is 1. The Kier molecular flexibility index (Phi) is 6.14. The Morgan fingerprint density at radius 2 is 1.91 bits per heavy atom. The van der Waals surface area contributed by atoms with Crippen LogP contribution in [0.15, 0.2) is 22.6 Å². The molecular weight excluding hydrogens is 292 g/mol. The van der Waals surface area contributed by atoms with Crippen molar-refractivity contribution < 1.29 is 9.15 Å². The molecule has 0 aliphatic heterocycles. The van der Waals surface area contributed by atoms with E-state index in [9.17, 15) is 0 Å². The van der Waals surface area contributed by atoms with Crippen molar-refractivity contribution in [3.05, 3.63) is 41.1 Å². The smallest absolute Gasteiger partial charge is 0.216 e. The van der Waals surface area contributed by atoms with Gasteiger partial charge in [-0.3, -0.25) is 5.41 Å². The lowest BCUT2D eigenvalue weighted by atomic mass is 10.0. The molecule has 6 nitrogen and oxygen atoms in total. The molecule has 3 N–H and O–H groups in total. The summed E-state index contributed by atoms with van der Waals surface area (Å²) in [5.41, 5.74) is 7.40. The number of aromatic nitrogens is 2. The van der Waals surface area contributed by atoms with Gasteiger partial charge >= 0.3 is 0 Å². The van der Waals surface area contributed by atoms with Crippen LogP contribution in [-0.2, 0) is 12.8 Å². The summed E-state index contributed by atoms with van der Waals surface area (Å²) in [6.45, 7) is 1.80. The number of rotatable bonds is 9. The van der Waals surface area contributed by atoms with Crippen LogP contribution in [0.5, 0.6) is 5.75 Å². The van der Waals surface area contributed by atoms with Gasteiger partial charge < -0.3 is 14.9 Å². The molecule has 1 aromatic heterocycles. The molecule has 1 heterocycles. The lowest BCUT2D eigenvalue weighted by Gasteiger charge is -2.10. The molecule has 124 valence electrons. The summed E-state index contributed by atoms with van der Waals surface area (Å²) in [6.07, 6.45) is 6.12. The Morgan fingerprint density at radius 1 is 1.17 bits per heavy atom. The highest BCUT2D eigenvalue weighted by Crippen LogP contribution is 2.22. The fourth-order valence-electron chi connectivity index (χ4n) is 2.53. The average molecular weight is 316 g/mol. The number of benzene rings is 1. The number of aryl methyl sites for hydroxylation is 3. The van der Waals surface area contributed by atoms with E-state index in [0.717, 1.165) is 61.3 Å². The molecule has 0 saturated heterocycles. The number of hydrogen-bond acceptors (Lipinski definition) is 5. The van der Waals surface area contributed by atoms with E-state index in [-0.39, 0.29) is 5.84 Å². The van der Waals surface area contributed by atoms with Crippen molar-refractivity contribution in [1.29, 1.82) is 5.41 Å². The van der Waals surface area contributed by atoms with E-state index < -0.39 is 0 Å². The second-order valence-corrected chi connectivity index (χ2v) is 5.57. The molecular formula is C17H24N4O2. The third-order valence-corrected chi connectivity index (χ3v) is 3.75. The maximum Gasteiger partial charge on any atom is 0.216 e. The molecule has 23 heavy (non-hydrogen) atoms. The van der Waals surface area contributed by atoms with Crippen molar-refractivity contribution in [2.75, 3.05) is 7.11 Å². The van der Waals surface area contributed by atoms with Gasteiger partial charge in [0.2, 0.25) is 11.8 Å². The highest BCUT2D eigenvalue weighted by Gasteiger charge is 2.06. The first-order chi connectivity index (χ1) is 11.1. The van der Waals surface area contributed by atoms with E-state index in [0.29, 0.717) is 5.89 Å². The lowest BCUT2D eigenvalue weighted by Crippen LogP contribution is -2.11. The van der Waals surface area contributed by atoms with Gasteiger partial charge in [-0.05, 0) is 43.0 Å². The van der Waals surface area contributed by atoms with Gasteiger partial charge in [0.15, 0.2) is 0 Å². The van der Waals surface area contributed by atoms with Gasteiger partial charge in [0, 0.05) is 18.9 Å². The van der Waals surface area contributed by atoms with Gasteiger partial charge in [-0.25, -0.2) is 0 Å². The quantitative estimate of drug-likeness (QED) is 0.421. The van der Waals surface area contributed by atoms with E-state index in [4.69, 9.17) is 20.3 Å². The van der Waals surface area contributed by atoms with Crippen LogP contribution in [0.4, 0.5) is 0 Å². The van der Waals surface area contributed by atoms with Crippen LogP contribution in [0.2, 0.25) is 0 Å². The largest absolute Gasteiger partial charge is 0.496 e. The van der Waals surface area contributed by atoms with Crippen LogP contribution < -0.4 is 10.5 Å². The molecule has 0 aliphatic rings. The Morgan fingerprint density at radius 3 is 2.52 bits per heavy atom. The van der Waals surface area contributed by atoms with Crippen molar-refractivity contribution >= 4 is 5.84 Å². The molecule has 0 saturated carbocycles. The summed E-state index contributed by atoms with van der Waals surface area (Å²) >= 11 is 0. The summed E-state index contributed by atoms with van der Waals surface area (Å²) in [6, 6.07) is 5.64. The molecule has 2 aromatic rings. The summed E-state index contributed by atoms with van der Waals surface area (Å²) in [7, 11) is 1.67. The number of nitrogens with two attached hydrogens (primary N) is 1. The fourth-order valence-corrected chi connectivity index (χ4v) is 2.53. The van der Waals surface area contributed by atoms with Gasteiger partial charge in [-0.2, -0.15) is 0 Å². The van der Waals surface area contributed by atoms with Gasteiger partial charge in [0.25, 0.3) is 0 Å². The third kappa shape index (κ3) is 5.09. The van der Waals surface area contributed by atoms with Gasteiger partial charge in [-0.1, -0.05) is 12.8 Å². The molecule has 2 rings (SSSR count). The van der Waals surface area contributed by atoms with Crippen LogP contribution in [-0.4, -0.2) is 23.1 Å². The molecule has 0 amide bonds. The molecule has 6 heteroatoms. The number of hydrogen-bond donors (Lipinski definition) is 2. The number of amidine groups is 1. The van der Waals surface area contributed by atoms with E-state index in [2.05, 4.69) is 10.2 Å². The molecule has 0 atom stereocenters. The van der Waals surface area contributed by atoms with E-state index in [1.165, 1.54) is 0 Å². The van der Waals surface area contributed by atoms with Crippen molar-refractivity contribution in [1.82, 2.24) is 10.2 Å². The summed E-state index contributed by atoms with van der Waals surface area (Å²) in [5, 5.41) is 15.3. The van der Waals surface area contributed by atoms with Gasteiger partial charge in [0.05, 0.1) is 7.11 Å². The number of nitrogens with one attached hydrogen (secondary N) is 1. The molecule has 0 fully saturated rings. The van der Waals surface area contributed by atoms with Crippen molar-refractivity contribution in [3.63, 3.8) is 0 Å². The average Bonchev–Trinajstić information content (AvgIpc) is 2.95. The fraction of sp³-hybridized carbons (Fsp3) is 0.471. The summed E-state index contributed by atoms with van der Waals surface area (Å²) < 4.78 is 10.7. The van der Waals surface area contributed by atoms with E-state index in [1.54, 1.807) is 14.0 Å². The minimum Gasteiger partial charge on any atom is -0.496 e. The zero-order chi connectivity index (χ0) is 16.7. The summed E-state index contributed by atoms with van der Waals surface area (Å²) in [4.78, 5) is 0. The van der Waals surface area contributed by atoms with Gasteiger partial charge in [0.1, 0.15) is 11.6 Å². The third-order valence-electron chi connectivity index (χ3n) is 3.75. The zero-order valence-electron chi connectivity index (χ0n) is 13.8.